The Morgan fingerprint density at radius 1 is 1.29 bits per heavy atom. The Hall–Kier alpha value is -0.633. The largest absolute Gasteiger partial charge is 0.374 e. The molecule has 0 fully saturated rings. The van der Waals surface area contributed by atoms with Gasteiger partial charge >= 0.3 is 6.03 Å². The van der Waals surface area contributed by atoms with Crippen LogP contribution in [0.2, 0.25) is 0 Å². The lowest BCUT2D eigenvalue weighted by molar-refractivity contribution is -0.233. The van der Waals surface area contributed by atoms with Crippen LogP contribution >= 0.6 is 0 Å². The van der Waals surface area contributed by atoms with Crippen LogP contribution < -0.4 is 10.7 Å². The average molecular weight is 264 g/mol. The van der Waals surface area contributed by atoms with Crippen molar-refractivity contribution in [1.82, 2.24) is 4.98 Å². The molecule has 17 heavy (non-hydrogen) atoms. The molecule has 0 saturated carbocycles. The molecule has 3 N–H and O–H groups in total. The van der Waals surface area contributed by atoms with Gasteiger partial charge in [0.2, 0.25) is 0 Å². The van der Waals surface area contributed by atoms with E-state index in [9.17, 15) is 4.79 Å². The summed E-state index contributed by atoms with van der Waals surface area (Å²) in [6.45, 7) is 9.09. The summed E-state index contributed by atoms with van der Waals surface area (Å²) in [5.41, 5.74) is 4.25. The normalized spacial score (nSPS) is 14.1. The standard InChI is InChI=1S/C10H24N2O4Si/c1-5-14-8(4)10(15-6-2,16-7-3)17-12-9(11)13/h8H,5-7,17H2,1-4H3,(H3,11,12,13). The van der Waals surface area contributed by atoms with E-state index in [-0.39, 0.29) is 6.10 Å². The molecular formula is C10H24N2O4Si. The number of hydrogen-bond acceptors (Lipinski definition) is 4. The van der Waals surface area contributed by atoms with Crippen LogP contribution in [0.25, 0.3) is 0 Å². The number of rotatable bonds is 9. The van der Waals surface area contributed by atoms with Crippen molar-refractivity contribution in [2.45, 2.75) is 39.2 Å². The van der Waals surface area contributed by atoms with Gasteiger partial charge in [-0.05, 0) is 27.7 Å². The third kappa shape index (κ3) is 5.49. The lowest BCUT2D eigenvalue weighted by Gasteiger charge is -2.37. The van der Waals surface area contributed by atoms with Crippen molar-refractivity contribution in [2.75, 3.05) is 19.8 Å². The highest BCUT2D eigenvalue weighted by atomic mass is 28.2. The molecule has 0 heterocycles. The summed E-state index contributed by atoms with van der Waals surface area (Å²) in [5.74, 6) is 0. The zero-order valence-corrected chi connectivity index (χ0v) is 12.5. The minimum Gasteiger partial charge on any atom is -0.374 e. The van der Waals surface area contributed by atoms with Crippen LogP contribution in [-0.2, 0) is 14.2 Å². The summed E-state index contributed by atoms with van der Waals surface area (Å²) in [5, 5.41) is 0. The molecule has 0 saturated heterocycles. The van der Waals surface area contributed by atoms with Crippen molar-refractivity contribution in [3.8, 4) is 0 Å². The van der Waals surface area contributed by atoms with Crippen molar-refractivity contribution in [3.63, 3.8) is 0 Å². The Labute approximate surface area is 105 Å². The smallest absolute Gasteiger partial charge is 0.304 e. The van der Waals surface area contributed by atoms with Crippen LogP contribution in [0, 0.1) is 0 Å². The van der Waals surface area contributed by atoms with E-state index in [0.29, 0.717) is 19.8 Å². The van der Waals surface area contributed by atoms with E-state index < -0.39 is 21.1 Å². The maximum Gasteiger partial charge on any atom is 0.304 e. The number of nitrogens with one attached hydrogen (secondary N) is 1. The Morgan fingerprint density at radius 3 is 2.18 bits per heavy atom. The highest BCUT2D eigenvalue weighted by Gasteiger charge is 2.39. The summed E-state index contributed by atoms with van der Waals surface area (Å²) in [4.78, 5) is 13.5. The molecule has 0 aliphatic carbocycles. The van der Waals surface area contributed by atoms with Crippen molar-refractivity contribution in [3.05, 3.63) is 0 Å². The number of amides is 2. The fraction of sp³-hybridized carbons (Fsp3) is 0.900. The number of primary amides is 1. The molecule has 0 spiro atoms. The molecule has 6 nitrogen and oxygen atoms in total. The molecule has 2 amide bonds. The van der Waals surface area contributed by atoms with E-state index in [1.165, 1.54) is 0 Å². The lowest BCUT2D eigenvalue weighted by Crippen LogP contribution is -2.58. The molecule has 0 aliphatic heterocycles. The minimum atomic E-state index is -1.21. The van der Waals surface area contributed by atoms with Crippen LogP contribution in [0.3, 0.4) is 0 Å². The summed E-state index contributed by atoms with van der Waals surface area (Å²) >= 11 is 0. The van der Waals surface area contributed by atoms with Crippen molar-refractivity contribution >= 4 is 15.7 Å². The van der Waals surface area contributed by atoms with Gasteiger partial charge < -0.3 is 24.9 Å². The molecule has 7 heteroatoms. The summed E-state index contributed by atoms with van der Waals surface area (Å²) < 4.78 is 16.9. The maximum absolute atomic E-state index is 10.8. The van der Waals surface area contributed by atoms with Gasteiger partial charge in [-0.15, -0.1) is 0 Å². The van der Waals surface area contributed by atoms with Gasteiger partial charge in [-0.25, -0.2) is 0 Å². The Morgan fingerprint density at radius 2 is 1.82 bits per heavy atom. The third-order valence-electron chi connectivity index (χ3n) is 2.32. The SMILES string of the molecule is CCOC(C)C(OCC)(OCC)[SiH2]NC(N)=O. The summed E-state index contributed by atoms with van der Waals surface area (Å²) in [6, 6.07) is -0.552. The summed E-state index contributed by atoms with van der Waals surface area (Å²) in [7, 11) is -1.21. The second kappa shape index (κ2) is 8.46. The molecule has 1 unspecified atom stereocenters. The van der Waals surface area contributed by atoms with Crippen LogP contribution in [0.15, 0.2) is 0 Å². The van der Waals surface area contributed by atoms with E-state index in [1.54, 1.807) is 0 Å². The number of carbonyl (C=O) groups excluding carboxylic acids is 1. The van der Waals surface area contributed by atoms with Gasteiger partial charge in [0.25, 0.3) is 0 Å². The first kappa shape index (κ1) is 16.4. The number of carbonyl (C=O) groups is 1. The van der Waals surface area contributed by atoms with E-state index in [4.69, 9.17) is 19.9 Å². The fourth-order valence-electron chi connectivity index (χ4n) is 1.60. The molecule has 1 atom stereocenters. The fourth-order valence-corrected chi connectivity index (χ4v) is 3.04. The van der Waals surface area contributed by atoms with Gasteiger partial charge in [0.15, 0.2) is 15.1 Å². The van der Waals surface area contributed by atoms with Gasteiger partial charge in [-0.1, -0.05) is 0 Å². The number of urea groups is 1. The Kier molecular flexibility index (Phi) is 8.14. The molecule has 0 aromatic carbocycles. The highest BCUT2D eigenvalue weighted by Crippen LogP contribution is 2.19. The van der Waals surface area contributed by atoms with E-state index in [0.717, 1.165) is 0 Å². The zero-order chi connectivity index (χ0) is 13.3. The monoisotopic (exact) mass is 264 g/mol. The topological polar surface area (TPSA) is 82.8 Å². The van der Waals surface area contributed by atoms with Crippen molar-refractivity contribution < 1.29 is 19.0 Å². The van der Waals surface area contributed by atoms with E-state index >= 15 is 0 Å². The number of hydrogen-bond donors (Lipinski definition) is 2. The minimum absolute atomic E-state index is 0.245. The lowest BCUT2D eigenvalue weighted by atomic mass is 10.3. The summed E-state index contributed by atoms with van der Waals surface area (Å²) in [6.07, 6.45) is -0.245. The quantitative estimate of drug-likeness (QED) is 0.450. The second-order valence-corrected chi connectivity index (χ2v) is 5.19. The van der Waals surface area contributed by atoms with Gasteiger partial charge in [0, 0.05) is 19.8 Å². The van der Waals surface area contributed by atoms with Gasteiger partial charge in [0.05, 0.1) is 0 Å². The number of ether oxygens (including phenoxy) is 3. The average Bonchev–Trinajstić information content (AvgIpc) is 2.26. The van der Waals surface area contributed by atoms with Gasteiger partial charge in [-0.2, -0.15) is 0 Å². The molecular weight excluding hydrogens is 240 g/mol. The predicted molar refractivity (Wildman–Crippen MR) is 68.3 cm³/mol. The second-order valence-electron chi connectivity index (χ2n) is 3.49. The maximum atomic E-state index is 10.8. The Bertz CT molecular complexity index is 222. The van der Waals surface area contributed by atoms with Crippen molar-refractivity contribution in [2.24, 2.45) is 5.73 Å². The van der Waals surface area contributed by atoms with Crippen LogP contribution in [-0.4, -0.2) is 47.0 Å². The van der Waals surface area contributed by atoms with Crippen molar-refractivity contribution in [1.29, 1.82) is 0 Å². The molecule has 0 aromatic rings. The van der Waals surface area contributed by atoms with Crippen LogP contribution in [0.5, 0.6) is 0 Å². The molecule has 0 radical (unpaired) electrons. The first-order chi connectivity index (χ1) is 8.02. The zero-order valence-electron chi connectivity index (χ0n) is 11.1. The first-order valence-electron chi connectivity index (χ1n) is 5.95. The molecule has 0 bridgehead atoms. The molecule has 0 aliphatic rings. The molecule has 0 aromatic heterocycles. The van der Waals surface area contributed by atoms with Crippen LogP contribution in [0.1, 0.15) is 27.7 Å². The first-order valence-corrected chi connectivity index (χ1v) is 7.36. The third-order valence-corrected chi connectivity index (χ3v) is 4.32. The molecule has 102 valence electrons. The van der Waals surface area contributed by atoms with Gasteiger partial charge in [0.1, 0.15) is 6.10 Å². The molecule has 0 rings (SSSR count). The van der Waals surface area contributed by atoms with Crippen LogP contribution in [0.4, 0.5) is 4.79 Å². The van der Waals surface area contributed by atoms with Gasteiger partial charge in [-0.3, -0.25) is 4.79 Å². The Balaban J connectivity index is 4.75. The number of nitrogens with two attached hydrogens (primary N) is 1. The predicted octanol–water partition coefficient (Wildman–Crippen LogP) is -0.110. The highest BCUT2D eigenvalue weighted by molar-refractivity contribution is 6.40. The van der Waals surface area contributed by atoms with E-state index in [2.05, 4.69) is 4.98 Å². The van der Waals surface area contributed by atoms with E-state index in [1.807, 2.05) is 27.7 Å².